The second kappa shape index (κ2) is 8.11. The predicted molar refractivity (Wildman–Crippen MR) is 81.6 cm³/mol. The van der Waals surface area contributed by atoms with Gasteiger partial charge in [0.25, 0.3) is 0 Å². The van der Waals surface area contributed by atoms with Crippen LogP contribution in [0.5, 0.6) is 0 Å². The predicted octanol–water partition coefficient (Wildman–Crippen LogP) is 2.84. The van der Waals surface area contributed by atoms with E-state index in [4.69, 9.17) is 0 Å². The lowest BCUT2D eigenvalue weighted by Crippen LogP contribution is -2.48. The Morgan fingerprint density at radius 1 is 1.11 bits per heavy atom. The van der Waals surface area contributed by atoms with Gasteiger partial charge in [-0.1, -0.05) is 20.3 Å². The number of hydrogen-bond acceptors (Lipinski definition) is 2. The fourth-order valence-electron chi connectivity index (χ4n) is 3.29. The quantitative estimate of drug-likeness (QED) is 0.847. The molecule has 2 saturated heterocycles. The van der Waals surface area contributed by atoms with Crippen LogP contribution >= 0.6 is 12.4 Å². The number of piperidine rings is 1. The molecule has 0 spiro atoms. The van der Waals surface area contributed by atoms with Gasteiger partial charge in [-0.25, -0.2) is 0 Å². The maximum absolute atomic E-state index is 12.4. The molecule has 0 saturated carbocycles. The van der Waals surface area contributed by atoms with Gasteiger partial charge in [0.2, 0.25) is 5.91 Å². The normalized spacial score (nSPS) is 28.7. The number of nitrogens with zero attached hydrogens (tertiary/aromatic N) is 1. The van der Waals surface area contributed by atoms with Gasteiger partial charge in [0.05, 0.1) is 6.04 Å². The number of hydrogen-bond donors (Lipinski definition) is 1. The Balaban J connectivity index is 0.00000180. The topological polar surface area (TPSA) is 32.3 Å². The van der Waals surface area contributed by atoms with Crippen LogP contribution in [0.1, 0.15) is 52.4 Å². The second-order valence-corrected chi connectivity index (χ2v) is 6.26. The van der Waals surface area contributed by atoms with E-state index in [1.807, 2.05) is 0 Å². The van der Waals surface area contributed by atoms with E-state index >= 15 is 0 Å². The monoisotopic (exact) mass is 288 g/mol. The summed E-state index contributed by atoms with van der Waals surface area (Å²) in [6, 6.07) is 0.106. The Morgan fingerprint density at radius 2 is 1.89 bits per heavy atom. The zero-order valence-electron chi connectivity index (χ0n) is 12.4. The summed E-state index contributed by atoms with van der Waals surface area (Å²) in [7, 11) is 0. The van der Waals surface area contributed by atoms with E-state index in [1.165, 1.54) is 32.1 Å². The molecule has 0 bridgehead atoms. The van der Waals surface area contributed by atoms with Crippen LogP contribution < -0.4 is 5.32 Å². The molecule has 0 aromatic heterocycles. The minimum atomic E-state index is 0. The van der Waals surface area contributed by atoms with E-state index < -0.39 is 0 Å². The molecule has 2 unspecified atom stereocenters. The number of carbonyl (C=O) groups excluding carboxylic acids is 1. The van der Waals surface area contributed by atoms with Crippen molar-refractivity contribution in [2.75, 3.05) is 19.6 Å². The van der Waals surface area contributed by atoms with Crippen molar-refractivity contribution in [2.45, 2.75) is 58.4 Å². The molecule has 19 heavy (non-hydrogen) atoms. The van der Waals surface area contributed by atoms with E-state index in [9.17, 15) is 4.79 Å². The zero-order chi connectivity index (χ0) is 13.0. The highest BCUT2D eigenvalue weighted by Gasteiger charge is 2.28. The van der Waals surface area contributed by atoms with Gasteiger partial charge < -0.3 is 10.2 Å². The first kappa shape index (κ1) is 16.8. The Morgan fingerprint density at radius 3 is 2.53 bits per heavy atom. The zero-order valence-corrected chi connectivity index (χ0v) is 13.2. The van der Waals surface area contributed by atoms with Crippen LogP contribution in [0.15, 0.2) is 0 Å². The summed E-state index contributed by atoms with van der Waals surface area (Å²) >= 11 is 0. The number of amides is 1. The minimum absolute atomic E-state index is 0. The van der Waals surface area contributed by atoms with Crippen LogP contribution in [0, 0.1) is 11.8 Å². The number of halogens is 1. The molecular formula is C15H29ClN2O. The SMILES string of the molecule is CC(C)C1CCCN(C(=O)C2CCCCN2)CC1.Cl. The van der Waals surface area contributed by atoms with Crippen LogP contribution in [0.2, 0.25) is 0 Å². The summed E-state index contributed by atoms with van der Waals surface area (Å²) < 4.78 is 0. The molecule has 112 valence electrons. The molecule has 0 aromatic carbocycles. The Hall–Kier alpha value is -0.280. The Labute approximate surface area is 123 Å². The minimum Gasteiger partial charge on any atom is -0.341 e. The lowest BCUT2D eigenvalue weighted by atomic mass is 9.89. The summed E-state index contributed by atoms with van der Waals surface area (Å²) in [6.07, 6.45) is 7.12. The van der Waals surface area contributed by atoms with Crippen LogP contribution in [0.25, 0.3) is 0 Å². The van der Waals surface area contributed by atoms with Gasteiger partial charge in [-0.05, 0) is 50.5 Å². The standard InChI is InChI=1S/C15H28N2O.ClH/c1-12(2)13-6-5-10-17(11-8-13)15(18)14-7-3-4-9-16-14;/h12-14,16H,3-11H2,1-2H3;1H. The molecule has 2 atom stereocenters. The van der Waals surface area contributed by atoms with Crippen molar-refractivity contribution in [1.82, 2.24) is 10.2 Å². The average Bonchev–Trinajstić information content (AvgIpc) is 2.64. The third kappa shape index (κ3) is 4.64. The fraction of sp³-hybridized carbons (Fsp3) is 0.933. The number of carbonyl (C=O) groups is 1. The van der Waals surface area contributed by atoms with E-state index in [0.29, 0.717) is 5.91 Å². The first-order valence-corrected chi connectivity index (χ1v) is 7.70. The van der Waals surface area contributed by atoms with E-state index in [0.717, 1.165) is 37.9 Å². The summed E-state index contributed by atoms with van der Waals surface area (Å²) in [6.45, 7) is 7.58. The lowest BCUT2D eigenvalue weighted by molar-refractivity contribution is -0.134. The van der Waals surface area contributed by atoms with E-state index in [1.54, 1.807) is 0 Å². The fourth-order valence-corrected chi connectivity index (χ4v) is 3.29. The molecule has 1 N–H and O–H groups in total. The van der Waals surface area contributed by atoms with Crippen molar-refractivity contribution in [2.24, 2.45) is 11.8 Å². The molecule has 0 aliphatic carbocycles. The van der Waals surface area contributed by atoms with Crippen LogP contribution in [-0.4, -0.2) is 36.5 Å². The summed E-state index contributed by atoms with van der Waals surface area (Å²) in [5.74, 6) is 1.93. The summed E-state index contributed by atoms with van der Waals surface area (Å²) in [4.78, 5) is 14.6. The molecule has 1 amide bonds. The van der Waals surface area contributed by atoms with Gasteiger partial charge in [-0.15, -0.1) is 12.4 Å². The van der Waals surface area contributed by atoms with Gasteiger partial charge in [0.15, 0.2) is 0 Å². The summed E-state index contributed by atoms with van der Waals surface area (Å²) in [5, 5.41) is 3.38. The molecule has 0 aromatic rings. The van der Waals surface area contributed by atoms with Crippen molar-refractivity contribution < 1.29 is 4.79 Å². The van der Waals surface area contributed by atoms with Gasteiger partial charge >= 0.3 is 0 Å². The highest BCUT2D eigenvalue weighted by Crippen LogP contribution is 2.25. The molecule has 2 rings (SSSR count). The van der Waals surface area contributed by atoms with Gasteiger partial charge in [0.1, 0.15) is 0 Å². The third-order valence-corrected chi connectivity index (χ3v) is 4.64. The molecule has 2 aliphatic rings. The maximum Gasteiger partial charge on any atom is 0.239 e. The molecule has 2 aliphatic heterocycles. The Kier molecular flexibility index (Phi) is 7.16. The van der Waals surface area contributed by atoms with E-state index in [2.05, 4.69) is 24.1 Å². The Bertz CT molecular complexity index is 277. The lowest BCUT2D eigenvalue weighted by Gasteiger charge is -2.29. The van der Waals surface area contributed by atoms with E-state index in [-0.39, 0.29) is 18.4 Å². The molecule has 2 heterocycles. The molecular weight excluding hydrogens is 260 g/mol. The number of rotatable bonds is 2. The van der Waals surface area contributed by atoms with Crippen molar-refractivity contribution in [3.8, 4) is 0 Å². The molecule has 4 heteroatoms. The summed E-state index contributed by atoms with van der Waals surface area (Å²) in [5.41, 5.74) is 0. The smallest absolute Gasteiger partial charge is 0.239 e. The largest absolute Gasteiger partial charge is 0.341 e. The van der Waals surface area contributed by atoms with Crippen molar-refractivity contribution >= 4 is 18.3 Å². The number of likely N-dealkylation sites (tertiary alicyclic amines) is 1. The first-order chi connectivity index (χ1) is 8.68. The maximum atomic E-state index is 12.4. The van der Waals surface area contributed by atoms with Crippen LogP contribution in [0.4, 0.5) is 0 Å². The molecule has 3 nitrogen and oxygen atoms in total. The third-order valence-electron chi connectivity index (χ3n) is 4.64. The molecule has 2 fully saturated rings. The molecule has 0 radical (unpaired) electrons. The second-order valence-electron chi connectivity index (χ2n) is 6.26. The highest BCUT2D eigenvalue weighted by molar-refractivity contribution is 5.85. The van der Waals surface area contributed by atoms with Gasteiger partial charge in [0, 0.05) is 13.1 Å². The average molecular weight is 289 g/mol. The van der Waals surface area contributed by atoms with Crippen molar-refractivity contribution in [3.05, 3.63) is 0 Å². The highest BCUT2D eigenvalue weighted by atomic mass is 35.5. The van der Waals surface area contributed by atoms with Crippen LogP contribution in [-0.2, 0) is 4.79 Å². The van der Waals surface area contributed by atoms with Crippen LogP contribution in [0.3, 0.4) is 0 Å². The number of nitrogens with one attached hydrogen (secondary N) is 1. The van der Waals surface area contributed by atoms with Gasteiger partial charge in [-0.3, -0.25) is 4.79 Å². The van der Waals surface area contributed by atoms with Gasteiger partial charge in [-0.2, -0.15) is 0 Å². The van der Waals surface area contributed by atoms with Crippen molar-refractivity contribution in [3.63, 3.8) is 0 Å². The first-order valence-electron chi connectivity index (χ1n) is 7.70. The van der Waals surface area contributed by atoms with Crippen molar-refractivity contribution in [1.29, 1.82) is 0 Å².